The van der Waals surface area contributed by atoms with E-state index in [1.165, 1.54) is 0 Å². The zero-order valence-corrected chi connectivity index (χ0v) is 11.5. The molecule has 1 N–H and O–H groups in total. The van der Waals surface area contributed by atoms with Crippen LogP contribution < -0.4 is 10.1 Å². The molecule has 0 aliphatic carbocycles. The minimum atomic E-state index is 0.181. The molecule has 1 aromatic carbocycles. The molecule has 2 heterocycles. The average Bonchev–Trinajstić information content (AvgIpc) is 2.91. The fourth-order valence-electron chi connectivity index (χ4n) is 2.08. The minimum Gasteiger partial charge on any atom is -0.482 e. The Balaban J connectivity index is 1.89. The van der Waals surface area contributed by atoms with E-state index in [0.29, 0.717) is 11.3 Å². The first-order valence-electron chi connectivity index (χ1n) is 6.50. The molecule has 0 saturated carbocycles. The van der Waals surface area contributed by atoms with E-state index in [1.807, 2.05) is 55.6 Å². The summed E-state index contributed by atoms with van der Waals surface area (Å²) in [5, 5.41) is 12.9. The van der Waals surface area contributed by atoms with Crippen molar-refractivity contribution in [1.82, 2.24) is 4.98 Å². The lowest BCUT2D eigenvalue weighted by Crippen LogP contribution is -2.01. The van der Waals surface area contributed by atoms with Gasteiger partial charge in [0.15, 0.2) is 5.75 Å². The molecule has 0 radical (unpaired) electrons. The zero-order chi connectivity index (χ0) is 14.7. The van der Waals surface area contributed by atoms with Crippen molar-refractivity contribution in [1.29, 1.82) is 5.26 Å². The van der Waals surface area contributed by atoms with Crippen molar-refractivity contribution in [3.05, 3.63) is 53.9 Å². The Morgan fingerprint density at radius 1 is 1.24 bits per heavy atom. The summed E-state index contributed by atoms with van der Waals surface area (Å²) in [6, 6.07) is 15.1. The van der Waals surface area contributed by atoms with Gasteiger partial charge in [-0.3, -0.25) is 0 Å². The Bertz CT molecular complexity index is 818. The Kier molecular flexibility index (Phi) is 3.44. The van der Waals surface area contributed by atoms with Gasteiger partial charge in [-0.25, -0.2) is 4.98 Å². The number of nitriles is 1. The summed E-state index contributed by atoms with van der Waals surface area (Å²) in [4.78, 5) is 4.38. The molecule has 21 heavy (non-hydrogen) atoms. The highest BCUT2D eigenvalue weighted by atomic mass is 16.5. The first kappa shape index (κ1) is 13.0. The summed E-state index contributed by atoms with van der Waals surface area (Å²) in [5.74, 6) is 1.42. The number of ether oxygens (including phenoxy) is 1. The SMILES string of the molecule is CNc1cccc(COc2c(C#N)oc3ccccc23)n1. The fourth-order valence-corrected chi connectivity index (χ4v) is 2.08. The molecule has 0 unspecified atom stereocenters. The van der Waals surface area contributed by atoms with Crippen molar-refractivity contribution in [3.8, 4) is 11.8 Å². The predicted octanol–water partition coefficient (Wildman–Crippen LogP) is 3.32. The van der Waals surface area contributed by atoms with Gasteiger partial charge >= 0.3 is 0 Å². The molecule has 3 rings (SSSR count). The van der Waals surface area contributed by atoms with Gasteiger partial charge in [0.25, 0.3) is 0 Å². The molecule has 0 bridgehead atoms. The third-order valence-electron chi connectivity index (χ3n) is 3.08. The van der Waals surface area contributed by atoms with E-state index in [1.54, 1.807) is 0 Å². The van der Waals surface area contributed by atoms with Crippen molar-refractivity contribution >= 4 is 16.8 Å². The smallest absolute Gasteiger partial charge is 0.246 e. The first-order chi connectivity index (χ1) is 10.3. The third kappa shape index (κ3) is 2.51. The minimum absolute atomic E-state index is 0.181. The van der Waals surface area contributed by atoms with Gasteiger partial charge in [-0.05, 0) is 24.3 Å². The number of benzene rings is 1. The van der Waals surface area contributed by atoms with Crippen molar-refractivity contribution in [2.75, 3.05) is 12.4 Å². The van der Waals surface area contributed by atoms with Gasteiger partial charge in [0.2, 0.25) is 5.76 Å². The van der Waals surface area contributed by atoms with E-state index in [0.717, 1.165) is 16.9 Å². The topological polar surface area (TPSA) is 71.1 Å². The molecule has 0 aliphatic heterocycles. The maximum atomic E-state index is 9.15. The molecule has 3 aromatic rings. The third-order valence-corrected chi connectivity index (χ3v) is 3.08. The van der Waals surface area contributed by atoms with Gasteiger partial charge in [0.1, 0.15) is 24.1 Å². The van der Waals surface area contributed by atoms with Crippen molar-refractivity contribution < 1.29 is 9.15 Å². The van der Waals surface area contributed by atoms with E-state index in [9.17, 15) is 0 Å². The van der Waals surface area contributed by atoms with E-state index in [4.69, 9.17) is 14.4 Å². The van der Waals surface area contributed by atoms with Crippen molar-refractivity contribution in [2.24, 2.45) is 0 Å². The van der Waals surface area contributed by atoms with E-state index in [-0.39, 0.29) is 12.4 Å². The molecule has 2 aromatic heterocycles. The summed E-state index contributed by atoms with van der Waals surface area (Å²) >= 11 is 0. The second kappa shape index (κ2) is 5.55. The summed E-state index contributed by atoms with van der Waals surface area (Å²) in [6.45, 7) is 0.272. The molecule has 5 nitrogen and oxygen atoms in total. The maximum absolute atomic E-state index is 9.15. The maximum Gasteiger partial charge on any atom is 0.246 e. The number of hydrogen-bond donors (Lipinski definition) is 1. The van der Waals surface area contributed by atoms with Crippen LogP contribution in [0, 0.1) is 11.3 Å². The first-order valence-corrected chi connectivity index (χ1v) is 6.50. The van der Waals surface area contributed by atoms with Gasteiger partial charge in [-0.1, -0.05) is 18.2 Å². The quantitative estimate of drug-likeness (QED) is 0.793. The van der Waals surface area contributed by atoms with Crippen LogP contribution in [0.3, 0.4) is 0 Å². The van der Waals surface area contributed by atoms with Crippen LogP contribution in [-0.2, 0) is 6.61 Å². The highest BCUT2D eigenvalue weighted by molar-refractivity contribution is 5.86. The van der Waals surface area contributed by atoms with Gasteiger partial charge < -0.3 is 14.5 Å². The molecule has 0 amide bonds. The van der Waals surface area contributed by atoms with Gasteiger partial charge in [0.05, 0.1) is 11.1 Å². The van der Waals surface area contributed by atoms with Gasteiger partial charge in [-0.15, -0.1) is 0 Å². The number of anilines is 1. The van der Waals surface area contributed by atoms with Gasteiger partial charge in [0, 0.05) is 7.05 Å². The Labute approximate surface area is 121 Å². The lowest BCUT2D eigenvalue weighted by Gasteiger charge is -2.06. The average molecular weight is 279 g/mol. The highest BCUT2D eigenvalue weighted by Crippen LogP contribution is 2.32. The number of hydrogen-bond acceptors (Lipinski definition) is 5. The molecular weight excluding hydrogens is 266 g/mol. The largest absolute Gasteiger partial charge is 0.482 e. The summed E-state index contributed by atoms with van der Waals surface area (Å²) in [5.41, 5.74) is 1.41. The van der Waals surface area contributed by atoms with Crippen LogP contribution >= 0.6 is 0 Å². The lowest BCUT2D eigenvalue weighted by molar-refractivity contribution is 0.299. The van der Waals surface area contributed by atoms with E-state index in [2.05, 4.69) is 10.3 Å². The normalized spacial score (nSPS) is 10.3. The highest BCUT2D eigenvalue weighted by Gasteiger charge is 2.15. The number of furan rings is 1. The second-order valence-corrected chi connectivity index (χ2v) is 4.42. The molecule has 0 spiro atoms. The van der Waals surface area contributed by atoms with Crippen molar-refractivity contribution in [2.45, 2.75) is 6.61 Å². The predicted molar refractivity (Wildman–Crippen MR) is 79.0 cm³/mol. The van der Waals surface area contributed by atoms with Crippen LogP contribution in [0.1, 0.15) is 11.5 Å². The van der Waals surface area contributed by atoms with Crippen LogP contribution in [0.5, 0.6) is 5.75 Å². The number of nitrogens with zero attached hydrogens (tertiary/aromatic N) is 2. The monoisotopic (exact) mass is 279 g/mol. The van der Waals surface area contributed by atoms with E-state index < -0.39 is 0 Å². The fraction of sp³-hybridized carbons (Fsp3) is 0.125. The number of aromatic nitrogens is 1. The van der Waals surface area contributed by atoms with E-state index >= 15 is 0 Å². The summed E-state index contributed by atoms with van der Waals surface area (Å²) in [6.07, 6.45) is 0. The summed E-state index contributed by atoms with van der Waals surface area (Å²) < 4.78 is 11.2. The van der Waals surface area contributed by atoms with Gasteiger partial charge in [-0.2, -0.15) is 5.26 Å². The number of rotatable bonds is 4. The molecule has 104 valence electrons. The number of para-hydroxylation sites is 1. The number of fused-ring (bicyclic) bond motifs is 1. The number of nitrogens with one attached hydrogen (secondary N) is 1. The van der Waals surface area contributed by atoms with Crippen LogP contribution in [0.15, 0.2) is 46.9 Å². The van der Waals surface area contributed by atoms with Crippen LogP contribution in [0.25, 0.3) is 11.0 Å². The summed E-state index contributed by atoms with van der Waals surface area (Å²) in [7, 11) is 1.81. The lowest BCUT2D eigenvalue weighted by atomic mass is 10.2. The Hall–Kier alpha value is -3.00. The Morgan fingerprint density at radius 3 is 2.90 bits per heavy atom. The molecular formula is C16H13N3O2. The molecule has 0 atom stereocenters. The Morgan fingerprint density at radius 2 is 2.10 bits per heavy atom. The molecule has 0 aliphatic rings. The number of pyridine rings is 1. The standard InChI is InChI=1S/C16H13N3O2/c1-18-15-8-4-5-11(19-15)10-20-16-12-6-2-3-7-13(12)21-14(16)9-17/h2-8H,10H2,1H3,(H,18,19). The molecule has 5 heteroatoms. The zero-order valence-electron chi connectivity index (χ0n) is 11.5. The van der Waals surface area contributed by atoms with Crippen molar-refractivity contribution in [3.63, 3.8) is 0 Å². The molecule has 0 fully saturated rings. The van der Waals surface area contributed by atoms with Crippen LogP contribution in [0.2, 0.25) is 0 Å². The van der Waals surface area contributed by atoms with Crippen LogP contribution in [-0.4, -0.2) is 12.0 Å². The van der Waals surface area contributed by atoms with Crippen LogP contribution in [0.4, 0.5) is 5.82 Å². The second-order valence-electron chi connectivity index (χ2n) is 4.42. The molecule has 0 saturated heterocycles.